The van der Waals surface area contributed by atoms with Gasteiger partial charge in [0.2, 0.25) is 0 Å². The maximum atomic E-state index is 9.74. The van der Waals surface area contributed by atoms with Crippen molar-refractivity contribution in [1.82, 2.24) is 4.90 Å². The van der Waals surface area contributed by atoms with Crippen molar-refractivity contribution in [2.75, 3.05) is 39.9 Å². The van der Waals surface area contributed by atoms with Gasteiger partial charge in [-0.15, -0.1) is 0 Å². The van der Waals surface area contributed by atoms with Crippen LogP contribution >= 0.6 is 0 Å². The van der Waals surface area contributed by atoms with Crippen molar-refractivity contribution in [3.05, 3.63) is 0 Å². The van der Waals surface area contributed by atoms with Gasteiger partial charge in [-0.2, -0.15) is 0 Å². The quantitative estimate of drug-likeness (QED) is 0.563. The molecule has 1 aliphatic rings. The average molecular weight is 216 g/mol. The molecule has 15 heavy (non-hydrogen) atoms. The van der Waals surface area contributed by atoms with Gasteiger partial charge in [0.15, 0.2) is 0 Å². The Labute approximate surface area is 92.4 Å². The summed E-state index contributed by atoms with van der Waals surface area (Å²) in [6, 6.07) is 0. The van der Waals surface area contributed by atoms with Crippen LogP contribution in [0.25, 0.3) is 0 Å². The number of aliphatic hydroxyl groups is 1. The number of hydrogen-bond donors (Lipinski definition) is 2. The minimum absolute atomic E-state index is 0.292. The lowest BCUT2D eigenvalue weighted by Crippen LogP contribution is -2.45. The predicted molar refractivity (Wildman–Crippen MR) is 60.7 cm³/mol. The van der Waals surface area contributed by atoms with Crippen molar-refractivity contribution < 1.29 is 9.84 Å². The SMILES string of the molecule is CN(CCOCC1CC1)CC(C)(O)CN. The summed E-state index contributed by atoms with van der Waals surface area (Å²) in [6.07, 6.45) is 2.66. The van der Waals surface area contributed by atoms with Crippen LogP contribution in [0, 0.1) is 5.92 Å². The Bertz CT molecular complexity index is 181. The van der Waals surface area contributed by atoms with Gasteiger partial charge in [0.1, 0.15) is 0 Å². The molecule has 0 saturated heterocycles. The van der Waals surface area contributed by atoms with E-state index >= 15 is 0 Å². The van der Waals surface area contributed by atoms with Crippen LogP contribution in [0.3, 0.4) is 0 Å². The molecule has 1 aliphatic carbocycles. The second-order valence-corrected chi connectivity index (χ2v) is 4.96. The molecular formula is C11H24N2O2. The van der Waals surface area contributed by atoms with E-state index in [9.17, 15) is 5.11 Å². The Morgan fingerprint density at radius 3 is 2.73 bits per heavy atom. The summed E-state index contributed by atoms with van der Waals surface area (Å²) in [7, 11) is 1.98. The number of rotatable bonds is 8. The zero-order chi connectivity index (χ0) is 11.3. The summed E-state index contributed by atoms with van der Waals surface area (Å²) in [5.41, 5.74) is 4.66. The van der Waals surface area contributed by atoms with Crippen molar-refractivity contribution in [2.45, 2.75) is 25.4 Å². The monoisotopic (exact) mass is 216 g/mol. The van der Waals surface area contributed by atoms with E-state index in [4.69, 9.17) is 10.5 Å². The largest absolute Gasteiger partial charge is 0.388 e. The zero-order valence-electron chi connectivity index (χ0n) is 9.91. The van der Waals surface area contributed by atoms with E-state index in [0.717, 1.165) is 25.7 Å². The lowest BCUT2D eigenvalue weighted by atomic mass is 10.1. The molecule has 4 heteroatoms. The summed E-state index contributed by atoms with van der Waals surface area (Å²) in [6.45, 7) is 5.14. The Balaban J connectivity index is 1.99. The minimum Gasteiger partial charge on any atom is -0.388 e. The topological polar surface area (TPSA) is 58.7 Å². The highest BCUT2D eigenvalue weighted by molar-refractivity contribution is 4.77. The molecule has 0 aromatic heterocycles. The second-order valence-electron chi connectivity index (χ2n) is 4.96. The molecule has 90 valence electrons. The van der Waals surface area contributed by atoms with E-state index in [1.54, 1.807) is 6.92 Å². The van der Waals surface area contributed by atoms with Gasteiger partial charge in [-0.3, -0.25) is 0 Å². The normalized spacial score (nSPS) is 20.6. The number of nitrogens with zero attached hydrogens (tertiary/aromatic N) is 1. The maximum Gasteiger partial charge on any atom is 0.0867 e. The van der Waals surface area contributed by atoms with Gasteiger partial charge < -0.3 is 20.5 Å². The fourth-order valence-electron chi connectivity index (χ4n) is 1.48. The second kappa shape index (κ2) is 5.80. The van der Waals surface area contributed by atoms with Crippen molar-refractivity contribution in [1.29, 1.82) is 0 Å². The first-order valence-electron chi connectivity index (χ1n) is 5.72. The highest BCUT2D eigenvalue weighted by Crippen LogP contribution is 2.28. The molecular weight excluding hydrogens is 192 g/mol. The summed E-state index contributed by atoms with van der Waals surface area (Å²) in [5, 5.41) is 9.74. The predicted octanol–water partition coefficient (Wildman–Crippen LogP) is 0.0545. The third kappa shape index (κ3) is 6.10. The number of nitrogens with two attached hydrogens (primary N) is 1. The van der Waals surface area contributed by atoms with E-state index < -0.39 is 5.60 Å². The molecule has 1 saturated carbocycles. The third-order valence-electron chi connectivity index (χ3n) is 2.72. The molecule has 0 radical (unpaired) electrons. The lowest BCUT2D eigenvalue weighted by molar-refractivity contribution is 0.0238. The van der Waals surface area contributed by atoms with Gasteiger partial charge in [0.05, 0.1) is 12.2 Å². The minimum atomic E-state index is -0.786. The van der Waals surface area contributed by atoms with Crippen molar-refractivity contribution >= 4 is 0 Å². The highest BCUT2D eigenvalue weighted by atomic mass is 16.5. The molecule has 3 N–H and O–H groups in total. The molecule has 0 aromatic rings. The van der Waals surface area contributed by atoms with Crippen LogP contribution in [-0.2, 0) is 4.74 Å². The standard InChI is InChI=1S/C11H24N2O2/c1-11(14,8-12)9-13(2)5-6-15-7-10-3-4-10/h10,14H,3-9,12H2,1-2H3. The zero-order valence-corrected chi connectivity index (χ0v) is 9.91. The van der Waals surface area contributed by atoms with Crippen LogP contribution in [0.1, 0.15) is 19.8 Å². The first-order chi connectivity index (χ1) is 7.03. The van der Waals surface area contributed by atoms with Crippen LogP contribution in [-0.4, -0.2) is 55.5 Å². The first kappa shape index (κ1) is 12.9. The van der Waals surface area contributed by atoms with Gasteiger partial charge in [0.25, 0.3) is 0 Å². The summed E-state index contributed by atoms with van der Waals surface area (Å²) < 4.78 is 5.52. The van der Waals surface area contributed by atoms with E-state index in [2.05, 4.69) is 4.90 Å². The summed E-state index contributed by atoms with van der Waals surface area (Å²) in [4.78, 5) is 2.06. The molecule has 0 heterocycles. The van der Waals surface area contributed by atoms with Gasteiger partial charge in [-0.05, 0) is 32.7 Å². The Hall–Kier alpha value is -0.160. The lowest BCUT2D eigenvalue weighted by Gasteiger charge is -2.27. The maximum absolute atomic E-state index is 9.74. The third-order valence-corrected chi connectivity index (χ3v) is 2.72. The molecule has 0 aromatic carbocycles. The molecule has 0 aliphatic heterocycles. The summed E-state index contributed by atoms with van der Waals surface area (Å²) in [5.74, 6) is 0.822. The molecule has 1 unspecified atom stereocenters. The molecule has 1 rings (SSSR count). The Kier molecular flexibility index (Phi) is 4.99. The molecule has 0 spiro atoms. The van der Waals surface area contributed by atoms with E-state index in [1.807, 2.05) is 7.05 Å². The smallest absolute Gasteiger partial charge is 0.0867 e. The van der Waals surface area contributed by atoms with Crippen LogP contribution in [0.15, 0.2) is 0 Å². The van der Waals surface area contributed by atoms with Gasteiger partial charge >= 0.3 is 0 Å². The van der Waals surface area contributed by atoms with Crippen molar-refractivity contribution in [2.24, 2.45) is 11.7 Å². The van der Waals surface area contributed by atoms with E-state index in [-0.39, 0.29) is 0 Å². The highest BCUT2D eigenvalue weighted by Gasteiger charge is 2.22. The van der Waals surface area contributed by atoms with Gasteiger partial charge in [0, 0.05) is 26.2 Å². The molecule has 0 bridgehead atoms. The fraction of sp³-hybridized carbons (Fsp3) is 1.00. The van der Waals surface area contributed by atoms with Gasteiger partial charge in [-0.1, -0.05) is 0 Å². The Morgan fingerprint density at radius 2 is 2.20 bits per heavy atom. The van der Waals surface area contributed by atoms with Crippen LogP contribution < -0.4 is 5.73 Å². The number of hydrogen-bond acceptors (Lipinski definition) is 4. The first-order valence-corrected chi connectivity index (χ1v) is 5.72. The van der Waals surface area contributed by atoms with Crippen molar-refractivity contribution in [3.8, 4) is 0 Å². The van der Waals surface area contributed by atoms with Crippen LogP contribution in [0.4, 0.5) is 0 Å². The number of likely N-dealkylation sites (N-methyl/N-ethyl adjacent to an activating group) is 1. The summed E-state index contributed by atoms with van der Waals surface area (Å²) >= 11 is 0. The van der Waals surface area contributed by atoms with E-state index in [0.29, 0.717) is 13.1 Å². The fourth-order valence-corrected chi connectivity index (χ4v) is 1.48. The Morgan fingerprint density at radius 1 is 1.53 bits per heavy atom. The van der Waals surface area contributed by atoms with Gasteiger partial charge in [-0.25, -0.2) is 0 Å². The van der Waals surface area contributed by atoms with Crippen LogP contribution in [0.2, 0.25) is 0 Å². The molecule has 0 amide bonds. The molecule has 4 nitrogen and oxygen atoms in total. The van der Waals surface area contributed by atoms with Crippen molar-refractivity contribution in [3.63, 3.8) is 0 Å². The van der Waals surface area contributed by atoms with Crippen LogP contribution in [0.5, 0.6) is 0 Å². The average Bonchev–Trinajstić information content (AvgIpc) is 2.95. The van der Waals surface area contributed by atoms with E-state index in [1.165, 1.54) is 12.8 Å². The molecule has 1 fully saturated rings. The molecule has 1 atom stereocenters. The number of ether oxygens (including phenoxy) is 1.